The summed E-state index contributed by atoms with van der Waals surface area (Å²) in [6.07, 6.45) is 6.67. The van der Waals surface area contributed by atoms with E-state index in [0.717, 1.165) is 9.97 Å². The van der Waals surface area contributed by atoms with E-state index >= 15 is 0 Å². The van der Waals surface area contributed by atoms with E-state index in [1.165, 1.54) is 11.3 Å². The molecule has 0 saturated heterocycles. The molecule has 0 bridgehead atoms. The first-order valence-electron chi connectivity index (χ1n) is 3.70. The molecule has 5 nitrogen and oxygen atoms in total. The molecule has 1 N–H and O–H groups in total. The average Bonchev–Trinajstić information content (AvgIpc) is 2.64. The number of nitrogens with one attached hydrogen (secondary N) is 1. The largest absolute Gasteiger partial charge is 0.300 e. The molecule has 0 unspecified atom stereocenters. The maximum Gasteiger partial charge on any atom is 0.234 e. The maximum absolute atomic E-state index is 5.09. The third-order valence-electron chi connectivity index (χ3n) is 1.43. The monoisotopic (exact) mass is 193 g/mol. The van der Waals surface area contributed by atoms with Gasteiger partial charge in [-0.15, -0.1) is 16.6 Å². The summed E-state index contributed by atoms with van der Waals surface area (Å²) in [5.41, 5.74) is 0. The van der Waals surface area contributed by atoms with Crippen molar-refractivity contribution in [1.82, 2.24) is 25.1 Å². The van der Waals surface area contributed by atoms with Crippen LogP contribution >= 0.6 is 11.3 Å². The molecular weight excluding hydrogens is 186 g/mol. The van der Waals surface area contributed by atoms with Crippen molar-refractivity contribution in [3.63, 3.8) is 0 Å². The van der Waals surface area contributed by atoms with E-state index in [9.17, 15) is 0 Å². The molecule has 13 heavy (non-hydrogen) atoms. The summed E-state index contributed by atoms with van der Waals surface area (Å²) < 4.78 is 1.65. The molecule has 2 aromatic rings. The van der Waals surface area contributed by atoms with Gasteiger partial charge in [0.15, 0.2) is 0 Å². The topological polar surface area (TPSA) is 55.1 Å². The van der Waals surface area contributed by atoms with Gasteiger partial charge >= 0.3 is 0 Å². The Morgan fingerprint density at radius 2 is 2.62 bits per heavy atom. The number of fused-ring (bicyclic) bond motifs is 1. The lowest BCUT2D eigenvalue weighted by Gasteiger charge is -1.92. The minimum Gasteiger partial charge on any atom is -0.300 e. The van der Waals surface area contributed by atoms with Crippen LogP contribution in [0.25, 0.3) is 4.96 Å². The number of hydrogen-bond acceptors (Lipinski definition) is 5. The van der Waals surface area contributed by atoms with Crippen molar-refractivity contribution in [2.24, 2.45) is 0 Å². The Hall–Kier alpha value is -1.45. The van der Waals surface area contributed by atoms with E-state index in [4.69, 9.17) is 6.42 Å². The molecule has 0 aliphatic heterocycles. The standard InChI is InChI=1S/C7H7N5S/c1-2-3-8-4-6-11-12-5-9-10-7(12)13-6/h1,5,8H,3-4H2. The van der Waals surface area contributed by atoms with Gasteiger partial charge in [0, 0.05) is 0 Å². The number of hydrogen-bond donors (Lipinski definition) is 1. The fraction of sp³-hybridized carbons (Fsp3) is 0.286. The van der Waals surface area contributed by atoms with Gasteiger partial charge < -0.3 is 0 Å². The Bertz CT molecular complexity index is 408. The molecule has 66 valence electrons. The molecule has 0 radical (unpaired) electrons. The minimum absolute atomic E-state index is 0.556. The number of rotatable bonds is 3. The summed E-state index contributed by atoms with van der Waals surface area (Å²) in [6, 6.07) is 0. The van der Waals surface area contributed by atoms with Crippen molar-refractivity contribution in [2.75, 3.05) is 6.54 Å². The van der Waals surface area contributed by atoms with Crippen LogP contribution in [-0.4, -0.2) is 26.4 Å². The van der Waals surface area contributed by atoms with E-state index in [0.29, 0.717) is 13.1 Å². The molecule has 0 spiro atoms. The highest BCUT2D eigenvalue weighted by Crippen LogP contribution is 2.10. The third kappa shape index (κ3) is 1.66. The average molecular weight is 193 g/mol. The van der Waals surface area contributed by atoms with Gasteiger partial charge in [0.2, 0.25) is 4.96 Å². The van der Waals surface area contributed by atoms with Crippen LogP contribution in [0, 0.1) is 12.3 Å². The van der Waals surface area contributed by atoms with Gasteiger partial charge in [-0.3, -0.25) is 5.32 Å². The summed E-state index contributed by atoms with van der Waals surface area (Å²) in [7, 11) is 0. The molecule has 2 heterocycles. The van der Waals surface area contributed by atoms with Crippen molar-refractivity contribution >= 4 is 16.3 Å². The Balaban J connectivity index is 2.08. The SMILES string of the molecule is C#CCNCc1nn2cnnc2s1. The lowest BCUT2D eigenvalue weighted by atomic mass is 10.6. The van der Waals surface area contributed by atoms with E-state index in [1.54, 1.807) is 10.8 Å². The number of aromatic nitrogens is 4. The summed E-state index contributed by atoms with van der Waals surface area (Å²) in [6.45, 7) is 1.23. The van der Waals surface area contributed by atoms with Crippen LogP contribution in [0.5, 0.6) is 0 Å². The van der Waals surface area contributed by atoms with Crippen LogP contribution < -0.4 is 5.32 Å². The maximum atomic E-state index is 5.09. The number of nitrogens with zero attached hydrogens (tertiary/aromatic N) is 4. The fourth-order valence-electron chi connectivity index (χ4n) is 0.914. The lowest BCUT2D eigenvalue weighted by Crippen LogP contribution is -2.12. The Kier molecular flexibility index (Phi) is 2.21. The van der Waals surface area contributed by atoms with Crippen LogP contribution in [-0.2, 0) is 6.54 Å². The van der Waals surface area contributed by atoms with Gasteiger partial charge in [-0.05, 0) is 0 Å². The first-order valence-corrected chi connectivity index (χ1v) is 4.51. The van der Waals surface area contributed by atoms with Gasteiger partial charge in [0.1, 0.15) is 11.3 Å². The Morgan fingerprint density at radius 1 is 1.69 bits per heavy atom. The van der Waals surface area contributed by atoms with Crippen LogP contribution in [0.1, 0.15) is 5.01 Å². The molecule has 0 aliphatic rings. The molecule has 2 rings (SSSR count). The quantitative estimate of drug-likeness (QED) is 0.546. The molecule has 0 fully saturated rings. The highest BCUT2D eigenvalue weighted by atomic mass is 32.1. The molecule has 0 saturated carbocycles. The van der Waals surface area contributed by atoms with E-state index < -0.39 is 0 Å². The molecule has 0 aliphatic carbocycles. The molecule has 0 atom stereocenters. The second-order valence-electron chi connectivity index (χ2n) is 2.36. The van der Waals surface area contributed by atoms with Crippen molar-refractivity contribution < 1.29 is 0 Å². The van der Waals surface area contributed by atoms with Crippen molar-refractivity contribution in [1.29, 1.82) is 0 Å². The Morgan fingerprint density at radius 3 is 3.38 bits per heavy atom. The lowest BCUT2D eigenvalue weighted by molar-refractivity contribution is 0.744. The van der Waals surface area contributed by atoms with E-state index in [-0.39, 0.29) is 0 Å². The van der Waals surface area contributed by atoms with Gasteiger partial charge in [-0.1, -0.05) is 17.3 Å². The highest BCUT2D eigenvalue weighted by Gasteiger charge is 2.03. The first kappa shape index (κ1) is 8.16. The predicted octanol–water partition coefficient (Wildman–Crippen LogP) is -0.0914. The van der Waals surface area contributed by atoms with Crippen LogP contribution in [0.15, 0.2) is 6.33 Å². The first-order chi connectivity index (χ1) is 6.40. The summed E-state index contributed by atoms with van der Waals surface area (Å²) >= 11 is 1.50. The minimum atomic E-state index is 0.556. The van der Waals surface area contributed by atoms with Gasteiger partial charge in [-0.25, -0.2) is 0 Å². The van der Waals surface area contributed by atoms with Gasteiger partial charge in [-0.2, -0.15) is 9.61 Å². The second-order valence-corrected chi connectivity index (χ2v) is 3.40. The molecule has 2 aromatic heterocycles. The van der Waals surface area contributed by atoms with Crippen molar-refractivity contribution in [3.8, 4) is 12.3 Å². The van der Waals surface area contributed by atoms with Crippen LogP contribution in [0.3, 0.4) is 0 Å². The smallest absolute Gasteiger partial charge is 0.234 e. The summed E-state index contributed by atoms with van der Waals surface area (Å²) in [5.74, 6) is 2.50. The van der Waals surface area contributed by atoms with Crippen molar-refractivity contribution in [2.45, 2.75) is 6.54 Å². The second kappa shape index (κ2) is 3.51. The summed E-state index contributed by atoms with van der Waals surface area (Å²) in [5, 5.41) is 15.8. The highest BCUT2D eigenvalue weighted by molar-refractivity contribution is 7.16. The summed E-state index contributed by atoms with van der Waals surface area (Å²) in [4.78, 5) is 0.803. The van der Waals surface area contributed by atoms with Gasteiger partial charge in [0.25, 0.3) is 0 Å². The molecule has 0 aromatic carbocycles. The van der Waals surface area contributed by atoms with E-state index in [2.05, 4.69) is 26.5 Å². The zero-order valence-corrected chi connectivity index (χ0v) is 7.58. The zero-order chi connectivity index (χ0) is 9.10. The van der Waals surface area contributed by atoms with Crippen LogP contribution in [0.4, 0.5) is 0 Å². The molecular formula is C7H7N5S. The number of terminal acetylenes is 1. The fourth-order valence-corrected chi connectivity index (χ4v) is 1.70. The third-order valence-corrected chi connectivity index (χ3v) is 2.34. The van der Waals surface area contributed by atoms with E-state index in [1.807, 2.05) is 0 Å². The zero-order valence-electron chi connectivity index (χ0n) is 6.77. The Labute approximate surface area is 78.8 Å². The predicted molar refractivity (Wildman–Crippen MR) is 49.2 cm³/mol. The normalized spacial score (nSPS) is 10.4. The molecule has 6 heteroatoms. The van der Waals surface area contributed by atoms with Gasteiger partial charge in [0.05, 0.1) is 13.1 Å². The van der Waals surface area contributed by atoms with Crippen LogP contribution in [0.2, 0.25) is 0 Å². The van der Waals surface area contributed by atoms with Crippen molar-refractivity contribution in [3.05, 3.63) is 11.3 Å². The molecule has 0 amide bonds.